The van der Waals surface area contributed by atoms with E-state index in [2.05, 4.69) is 15.5 Å². The smallest absolute Gasteiger partial charge is 0.388 e. The van der Waals surface area contributed by atoms with Gasteiger partial charge in [0.1, 0.15) is 5.69 Å². The Morgan fingerprint density at radius 3 is 2.95 bits per heavy atom. The number of amides is 1. The van der Waals surface area contributed by atoms with Crippen molar-refractivity contribution in [3.8, 4) is 0 Å². The Labute approximate surface area is 113 Å². The van der Waals surface area contributed by atoms with Gasteiger partial charge in [0.15, 0.2) is 0 Å². The molecule has 1 amide bonds. The Balaban J connectivity index is 1.92. The minimum Gasteiger partial charge on any atom is -0.388 e. The predicted molar refractivity (Wildman–Crippen MR) is 63.9 cm³/mol. The summed E-state index contributed by atoms with van der Waals surface area (Å²) >= 11 is 0. The van der Waals surface area contributed by atoms with Gasteiger partial charge in [-0.05, 0) is 31.7 Å². The number of hydrogen-bond donors (Lipinski definition) is 3. The molecule has 3 N–H and O–H groups in total. The van der Waals surface area contributed by atoms with E-state index in [4.69, 9.17) is 0 Å². The van der Waals surface area contributed by atoms with Crippen LogP contribution in [0.2, 0.25) is 0 Å². The van der Waals surface area contributed by atoms with Crippen molar-refractivity contribution in [3.05, 3.63) is 18.0 Å². The molecule has 1 heterocycles. The molecular formula is C12H16F3N3O2. The van der Waals surface area contributed by atoms with Crippen molar-refractivity contribution >= 4 is 5.91 Å². The molecule has 0 aliphatic heterocycles. The zero-order valence-electron chi connectivity index (χ0n) is 10.7. The number of nitrogens with one attached hydrogen (secondary N) is 2. The normalized spacial score (nSPS) is 27.3. The number of rotatable bonds is 3. The van der Waals surface area contributed by atoms with Gasteiger partial charge in [-0.25, -0.2) is 0 Å². The number of hydrogen-bond acceptors (Lipinski definition) is 3. The van der Waals surface area contributed by atoms with E-state index in [0.29, 0.717) is 6.42 Å². The van der Waals surface area contributed by atoms with Crippen LogP contribution in [0.5, 0.6) is 0 Å². The summed E-state index contributed by atoms with van der Waals surface area (Å²) in [6, 6.07) is 1.44. The third kappa shape index (κ3) is 3.50. The van der Waals surface area contributed by atoms with Crippen molar-refractivity contribution in [2.24, 2.45) is 5.92 Å². The van der Waals surface area contributed by atoms with E-state index in [1.165, 1.54) is 12.3 Å². The predicted octanol–water partition coefficient (Wildman–Crippen LogP) is 1.62. The molecule has 112 valence electrons. The van der Waals surface area contributed by atoms with Gasteiger partial charge in [0, 0.05) is 12.7 Å². The molecule has 2 atom stereocenters. The molecule has 0 saturated heterocycles. The lowest BCUT2D eigenvalue weighted by Crippen LogP contribution is -2.48. The summed E-state index contributed by atoms with van der Waals surface area (Å²) in [5.41, 5.74) is -1.30. The van der Waals surface area contributed by atoms with Gasteiger partial charge in [-0.15, -0.1) is 0 Å². The first-order valence-electron chi connectivity index (χ1n) is 6.37. The molecule has 1 saturated carbocycles. The van der Waals surface area contributed by atoms with Crippen LogP contribution < -0.4 is 5.32 Å². The molecule has 8 heteroatoms. The van der Waals surface area contributed by atoms with Crippen LogP contribution in [0, 0.1) is 5.92 Å². The molecule has 2 unspecified atom stereocenters. The topological polar surface area (TPSA) is 78.0 Å². The Bertz CT molecular complexity index is 461. The van der Waals surface area contributed by atoms with Gasteiger partial charge in [0.2, 0.25) is 0 Å². The fourth-order valence-corrected chi connectivity index (χ4v) is 2.50. The second-order valence-electron chi connectivity index (χ2n) is 5.21. The maximum absolute atomic E-state index is 12.7. The second kappa shape index (κ2) is 5.43. The molecule has 0 radical (unpaired) electrons. The fraction of sp³-hybridized carbons (Fsp3) is 0.667. The minimum absolute atomic E-state index is 0.0281. The largest absolute Gasteiger partial charge is 0.391 e. The highest BCUT2D eigenvalue weighted by atomic mass is 19.4. The summed E-state index contributed by atoms with van der Waals surface area (Å²) < 4.78 is 38.1. The highest BCUT2D eigenvalue weighted by molar-refractivity contribution is 5.92. The van der Waals surface area contributed by atoms with E-state index in [9.17, 15) is 23.1 Å². The van der Waals surface area contributed by atoms with Crippen LogP contribution in [0.4, 0.5) is 13.2 Å². The molecule has 2 rings (SSSR count). The molecule has 1 fully saturated rings. The lowest BCUT2D eigenvalue weighted by Gasteiger charge is -2.37. The maximum atomic E-state index is 12.7. The number of halogens is 3. The standard InChI is InChI=1S/C12H16F3N3O2/c13-12(14,15)8-2-1-4-11(20,6-8)7-16-10(19)9-3-5-17-18-9/h3,5,8,20H,1-2,4,6-7H2,(H,16,19)(H,17,18). The summed E-state index contributed by atoms with van der Waals surface area (Å²) in [7, 11) is 0. The molecule has 0 aromatic carbocycles. The summed E-state index contributed by atoms with van der Waals surface area (Å²) in [5.74, 6) is -2.00. The number of aliphatic hydroxyl groups is 1. The zero-order chi connectivity index (χ0) is 14.8. The Kier molecular flexibility index (Phi) is 4.03. The number of alkyl halides is 3. The highest BCUT2D eigenvalue weighted by Crippen LogP contribution is 2.41. The first kappa shape index (κ1) is 14.8. The third-order valence-electron chi connectivity index (χ3n) is 3.61. The molecule has 0 bridgehead atoms. The van der Waals surface area contributed by atoms with E-state index in [1.807, 2.05) is 0 Å². The Morgan fingerprint density at radius 2 is 2.35 bits per heavy atom. The van der Waals surface area contributed by atoms with E-state index < -0.39 is 23.6 Å². The number of nitrogens with zero attached hydrogens (tertiary/aromatic N) is 1. The molecule has 1 aromatic rings. The molecule has 1 aliphatic rings. The molecule has 0 spiro atoms. The zero-order valence-corrected chi connectivity index (χ0v) is 10.7. The van der Waals surface area contributed by atoms with Gasteiger partial charge in [-0.3, -0.25) is 9.89 Å². The van der Waals surface area contributed by atoms with E-state index >= 15 is 0 Å². The van der Waals surface area contributed by atoms with Crippen molar-refractivity contribution in [3.63, 3.8) is 0 Å². The van der Waals surface area contributed by atoms with Crippen LogP contribution in [0.1, 0.15) is 36.2 Å². The first-order chi connectivity index (χ1) is 9.30. The van der Waals surface area contributed by atoms with Crippen molar-refractivity contribution < 1.29 is 23.1 Å². The number of H-pyrrole nitrogens is 1. The summed E-state index contributed by atoms with van der Waals surface area (Å²) in [6.45, 7) is -0.197. The summed E-state index contributed by atoms with van der Waals surface area (Å²) in [5, 5.41) is 18.7. The fourth-order valence-electron chi connectivity index (χ4n) is 2.50. The Hall–Kier alpha value is -1.57. The number of aromatic nitrogens is 2. The lowest BCUT2D eigenvalue weighted by molar-refractivity contribution is -0.199. The van der Waals surface area contributed by atoms with Crippen LogP contribution in [-0.4, -0.2) is 39.5 Å². The number of aromatic amines is 1. The van der Waals surface area contributed by atoms with Gasteiger partial charge in [-0.2, -0.15) is 18.3 Å². The molecule has 1 aliphatic carbocycles. The van der Waals surface area contributed by atoms with Gasteiger partial charge in [-0.1, -0.05) is 0 Å². The van der Waals surface area contributed by atoms with Crippen molar-refractivity contribution in [1.82, 2.24) is 15.5 Å². The second-order valence-corrected chi connectivity index (χ2v) is 5.21. The van der Waals surface area contributed by atoms with E-state index in [1.54, 1.807) is 0 Å². The van der Waals surface area contributed by atoms with Crippen LogP contribution in [0.3, 0.4) is 0 Å². The molecular weight excluding hydrogens is 275 g/mol. The van der Waals surface area contributed by atoms with Crippen LogP contribution in [-0.2, 0) is 0 Å². The molecule has 20 heavy (non-hydrogen) atoms. The summed E-state index contributed by atoms with van der Waals surface area (Å²) in [6.07, 6.45) is -2.71. The monoisotopic (exact) mass is 291 g/mol. The van der Waals surface area contributed by atoms with Crippen molar-refractivity contribution in [2.45, 2.75) is 37.5 Å². The summed E-state index contributed by atoms with van der Waals surface area (Å²) in [4.78, 5) is 11.7. The van der Waals surface area contributed by atoms with Gasteiger partial charge >= 0.3 is 6.18 Å². The minimum atomic E-state index is -4.30. The van der Waals surface area contributed by atoms with Crippen molar-refractivity contribution in [1.29, 1.82) is 0 Å². The van der Waals surface area contributed by atoms with Crippen LogP contribution in [0.25, 0.3) is 0 Å². The van der Waals surface area contributed by atoms with E-state index in [-0.39, 0.29) is 31.5 Å². The quantitative estimate of drug-likeness (QED) is 0.792. The third-order valence-corrected chi connectivity index (χ3v) is 3.61. The highest BCUT2D eigenvalue weighted by Gasteiger charge is 2.47. The lowest BCUT2D eigenvalue weighted by atomic mass is 9.77. The number of carbonyl (C=O) groups excluding carboxylic acids is 1. The average molecular weight is 291 g/mol. The van der Waals surface area contributed by atoms with Crippen LogP contribution >= 0.6 is 0 Å². The maximum Gasteiger partial charge on any atom is 0.391 e. The molecule has 1 aromatic heterocycles. The SMILES string of the molecule is O=C(NCC1(O)CCCC(C(F)(F)F)C1)c1ccn[nH]1. The van der Waals surface area contributed by atoms with Gasteiger partial charge < -0.3 is 10.4 Å². The number of carbonyl (C=O) groups is 1. The van der Waals surface area contributed by atoms with E-state index in [0.717, 1.165) is 0 Å². The Morgan fingerprint density at radius 1 is 1.60 bits per heavy atom. The van der Waals surface area contributed by atoms with Crippen LogP contribution in [0.15, 0.2) is 12.3 Å². The van der Waals surface area contributed by atoms with Gasteiger partial charge in [0.05, 0.1) is 11.5 Å². The molecule has 5 nitrogen and oxygen atoms in total. The first-order valence-corrected chi connectivity index (χ1v) is 6.37. The van der Waals surface area contributed by atoms with Gasteiger partial charge in [0.25, 0.3) is 5.91 Å². The average Bonchev–Trinajstić information content (AvgIpc) is 2.89. The van der Waals surface area contributed by atoms with Crippen molar-refractivity contribution in [2.75, 3.05) is 6.54 Å².